The Morgan fingerprint density at radius 2 is 1.97 bits per heavy atom. The second-order valence-corrected chi connectivity index (χ2v) is 9.77. The Hall–Kier alpha value is -2.94. The van der Waals surface area contributed by atoms with E-state index in [4.69, 9.17) is 4.74 Å². The van der Waals surface area contributed by atoms with Crippen LogP contribution in [0.25, 0.3) is 0 Å². The predicted molar refractivity (Wildman–Crippen MR) is 121 cm³/mol. The van der Waals surface area contributed by atoms with E-state index in [1.54, 1.807) is 30.1 Å². The minimum atomic E-state index is -1.62. The summed E-state index contributed by atoms with van der Waals surface area (Å²) in [5, 5.41) is 12.1. The fourth-order valence-electron chi connectivity index (χ4n) is 4.11. The summed E-state index contributed by atoms with van der Waals surface area (Å²) in [6.45, 7) is 7.84. The van der Waals surface area contributed by atoms with Gasteiger partial charge in [0.2, 0.25) is 5.91 Å². The number of benzene rings is 1. The summed E-state index contributed by atoms with van der Waals surface area (Å²) < 4.78 is 5.53. The summed E-state index contributed by atoms with van der Waals surface area (Å²) in [4.78, 5) is 45.4. The number of carbonyl (C=O) groups excluding carboxylic acids is 2. The van der Waals surface area contributed by atoms with Crippen molar-refractivity contribution in [3.63, 3.8) is 0 Å². The van der Waals surface area contributed by atoms with Crippen LogP contribution in [-0.2, 0) is 21.4 Å². The Bertz CT molecular complexity index is 1020. The minimum Gasteiger partial charge on any atom is -0.496 e. The van der Waals surface area contributed by atoms with Gasteiger partial charge in [0, 0.05) is 37.4 Å². The number of hydrogen-bond acceptors (Lipinski definition) is 6. The number of methoxy groups -OCH3 is 1. The third-order valence-electron chi connectivity index (χ3n) is 5.86. The van der Waals surface area contributed by atoms with E-state index in [1.165, 1.54) is 28.1 Å². The molecule has 32 heavy (non-hydrogen) atoms. The number of ether oxygens (including phenoxy) is 1. The number of carboxylic acid groups (broad SMARTS) is 1. The van der Waals surface area contributed by atoms with Crippen molar-refractivity contribution in [3.05, 3.63) is 45.9 Å². The van der Waals surface area contributed by atoms with Crippen molar-refractivity contribution in [1.82, 2.24) is 14.8 Å². The second-order valence-electron chi connectivity index (χ2n) is 9.06. The minimum absolute atomic E-state index is 0.0125. The molecule has 1 unspecified atom stereocenters. The molecule has 2 amide bonds. The van der Waals surface area contributed by atoms with Gasteiger partial charge in [-0.2, -0.15) is 0 Å². The fourth-order valence-corrected chi connectivity index (χ4v) is 4.67. The summed E-state index contributed by atoms with van der Waals surface area (Å²) in [6.07, 6.45) is 0.0125. The smallest absolute Gasteiger partial charge is 0.331 e. The van der Waals surface area contributed by atoms with Crippen LogP contribution in [0.2, 0.25) is 0 Å². The van der Waals surface area contributed by atoms with E-state index < -0.39 is 17.4 Å². The number of amides is 2. The van der Waals surface area contributed by atoms with Crippen LogP contribution < -0.4 is 4.74 Å². The first-order valence-corrected chi connectivity index (χ1v) is 11.3. The Labute approximate surface area is 191 Å². The monoisotopic (exact) mass is 459 g/mol. The molecule has 2 heterocycles. The quantitative estimate of drug-likeness (QED) is 0.738. The van der Waals surface area contributed by atoms with E-state index in [0.717, 1.165) is 5.56 Å². The van der Waals surface area contributed by atoms with Gasteiger partial charge >= 0.3 is 5.97 Å². The van der Waals surface area contributed by atoms with E-state index in [0.29, 0.717) is 17.0 Å². The summed E-state index contributed by atoms with van der Waals surface area (Å²) >= 11 is 1.36. The average Bonchev–Trinajstić information content (AvgIpc) is 3.24. The molecule has 1 aromatic carbocycles. The number of aromatic nitrogens is 1. The van der Waals surface area contributed by atoms with Crippen LogP contribution >= 0.6 is 11.3 Å². The Kier molecular flexibility index (Phi) is 6.59. The molecular formula is C23H29N3O5S. The van der Waals surface area contributed by atoms with Crippen molar-refractivity contribution >= 4 is 29.1 Å². The summed E-state index contributed by atoms with van der Waals surface area (Å²) in [6, 6.07) is 5.22. The normalized spacial score (nSPS) is 19.0. The molecule has 1 aliphatic rings. The number of aliphatic carboxylic acids is 1. The van der Waals surface area contributed by atoms with Gasteiger partial charge < -0.3 is 19.6 Å². The molecule has 1 fully saturated rings. The van der Waals surface area contributed by atoms with E-state index in [-0.39, 0.29) is 37.4 Å². The number of carbonyl (C=O) groups is 3. The zero-order valence-corrected chi connectivity index (χ0v) is 19.9. The molecule has 1 aliphatic heterocycles. The lowest BCUT2D eigenvalue weighted by atomic mass is 9.85. The van der Waals surface area contributed by atoms with Gasteiger partial charge in [0.15, 0.2) is 5.54 Å². The van der Waals surface area contributed by atoms with Crippen LogP contribution in [0, 0.1) is 0 Å². The first kappa shape index (κ1) is 23.7. The molecule has 0 bridgehead atoms. The van der Waals surface area contributed by atoms with Gasteiger partial charge in [0.25, 0.3) is 5.91 Å². The van der Waals surface area contributed by atoms with Crippen LogP contribution in [0.4, 0.5) is 0 Å². The molecule has 1 saturated heterocycles. The number of hydrogen-bond donors (Lipinski definition) is 1. The second kappa shape index (κ2) is 8.90. The van der Waals surface area contributed by atoms with E-state index in [2.05, 4.69) is 25.8 Å². The SMILES string of the molecule is COc1cc(C(=O)N2CCN(C(C)=O)CC2(Cc2cscn2)C(=O)O)ccc1C(C)(C)C. The molecule has 0 radical (unpaired) electrons. The number of carboxylic acids is 1. The third-order valence-corrected chi connectivity index (χ3v) is 6.50. The number of rotatable bonds is 5. The van der Waals surface area contributed by atoms with Crippen LogP contribution in [-0.4, -0.2) is 70.0 Å². The van der Waals surface area contributed by atoms with Crippen LogP contribution in [0.1, 0.15) is 49.3 Å². The first-order valence-electron chi connectivity index (χ1n) is 10.4. The lowest BCUT2D eigenvalue weighted by Crippen LogP contribution is -2.69. The Morgan fingerprint density at radius 3 is 2.50 bits per heavy atom. The molecule has 9 heteroatoms. The molecule has 0 saturated carbocycles. The van der Waals surface area contributed by atoms with Crippen LogP contribution in [0.15, 0.2) is 29.1 Å². The highest BCUT2D eigenvalue weighted by atomic mass is 32.1. The topological polar surface area (TPSA) is 100 Å². The molecule has 0 spiro atoms. The molecule has 1 atom stereocenters. The fraction of sp³-hybridized carbons (Fsp3) is 0.478. The van der Waals surface area contributed by atoms with E-state index in [9.17, 15) is 19.5 Å². The molecule has 1 N–H and O–H groups in total. The zero-order valence-electron chi connectivity index (χ0n) is 19.0. The van der Waals surface area contributed by atoms with Crippen molar-refractivity contribution < 1.29 is 24.2 Å². The van der Waals surface area contributed by atoms with E-state index in [1.807, 2.05) is 6.07 Å². The molecule has 0 aliphatic carbocycles. The highest BCUT2D eigenvalue weighted by molar-refractivity contribution is 7.07. The molecule has 8 nitrogen and oxygen atoms in total. The largest absolute Gasteiger partial charge is 0.496 e. The number of nitrogens with zero attached hydrogens (tertiary/aromatic N) is 3. The zero-order chi connectivity index (χ0) is 23.7. The standard InChI is InChI=1S/C23H29N3O5S/c1-15(27)25-8-9-26(23(13-25,21(29)30)11-17-12-32-14-24-17)20(28)16-6-7-18(22(2,3)4)19(10-16)31-5/h6-7,10,12,14H,8-9,11,13H2,1-5H3,(H,29,30). The molecule has 1 aromatic heterocycles. The lowest BCUT2D eigenvalue weighted by molar-refractivity contribution is -0.156. The van der Waals surface area contributed by atoms with Gasteiger partial charge in [-0.15, -0.1) is 11.3 Å². The van der Waals surface area contributed by atoms with Crippen molar-refractivity contribution in [2.75, 3.05) is 26.7 Å². The number of thiazole rings is 1. The molecular weight excluding hydrogens is 430 g/mol. The van der Waals surface area contributed by atoms with Gasteiger partial charge in [0.05, 0.1) is 24.9 Å². The molecule has 2 aromatic rings. The summed E-state index contributed by atoms with van der Waals surface area (Å²) in [5.41, 5.74) is 1.68. The lowest BCUT2D eigenvalue weighted by Gasteiger charge is -2.47. The highest BCUT2D eigenvalue weighted by Crippen LogP contribution is 2.34. The van der Waals surface area contributed by atoms with Crippen molar-refractivity contribution in [3.8, 4) is 5.75 Å². The van der Waals surface area contributed by atoms with Crippen molar-refractivity contribution in [1.29, 1.82) is 0 Å². The Morgan fingerprint density at radius 1 is 1.25 bits per heavy atom. The van der Waals surface area contributed by atoms with Gasteiger partial charge in [-0.1, -0.05) is 26.8 Å². The van der Waals surface area contributed by atoms with E-state index >= 15 is 0 Å². The summed E-state index contributed by atoms with van der Waals surface area (Å²) in [5.74, 6) is -1.23. The maximum atomic E-state index is 13.6. The maximum absolute atomic E-state index is 13.6. The van der Waals surface area contributed by atoms with Crippen LogP contribution in [0.3, 0.4) is 0 Å². The van der Waals surface area contributed by atoms with Gasteiger partial charge in [-0.05, 0) is 23.1 Å². The van der Waals surface area contributed by atoms with Crippen LogP contribution in [0.5, 0.6) is 5.75 Å². The third kappa shape index (κ3) is 4.48. The van der Waals surface area contributed by atoms with Gasteiger partial charge in [-0.25, -0.2) is 9.78 Å². The number of piperazine rings is 1. The highest BCUT2D eigenvalue weighted by Gasteiger charge is 2.51. The first-order chi connectivity index (χ1) is 15.0. The molecule has 172 valence electrons. The van der Waals surface area contributed by atoms with Crippen molar-refractivity contribution in [2.24, 2.45) is 0 Å². The Balaban J connectivity index is 2.05. The van der Waals surface area contributed by atoms with Crippen molar-refractivity contribution in [2.45, 2.75) is 45.1 Å². The van der Waals surface area contributed by atoms with Gasteiger partial charge in [-0.3, -0.25) is 9.59 Å². The molecule has 3 rings (SSSR count). The predicted octanol–water partition coefficient (Wildman–Crippen LogP) is 2.82. The summed E-state index contributed by atoms with van der Waals surface area (Å²) in [7, 11) is 1.55. The average molecular weight is 460 g/mol. The van der Waals surface area contributed by atoms with Gasteiger partial charge in [0.1, 0.15) is 5.75 Å². The maximum Gasteiger partial charge on any atom is 0.331 e.